The highest BCUT2D eigenvalue weighted by Crippen LogP contribution is 2.30. The number of nitrogens with zero attached hydrogens (tertiary/aromatic N) is 1. The molecule has 17 heavy (non-hydrogen) atoms. The first-order valence-electron chi connectivity index (χ1n) is 6.70. The molecular weight excluding hydrogens is 208 g/mol. The summed E-state index contributed by atoms with van der Waals surface area (Å²) in [6, 6.07) is 11.4. The van der Waals surface area contributed by atoms with Crippen molar-refractivity contribution in [3.63, 3.8) is 0 Å². The fraction of sp³-hybridized carbons (Fsp3) is 0.600. The summed E-state index contributed by atoms with van der Waals surface area (Å²) in [7, 11) is 0. The summed E-state index contributed by atoms with van der Waals surface area (Å²) in [5.74, 6) is 1.37. The minimum atomic E-state index is 0.653. The minimum Gasteiger partial charge on any atom is -0.330 e. The van der Waals surface area contributed by atoms with E-state index < -0.39 is 0 Å². The fourth-order valence-electron chi connectivity index (χ4n) is 3.18. The van der Waals surface area contributed by atoms with Crippen molar-refractivity contribution in [1.82, 2.24) is 4.90 Å². The molecule has 2 heteroatoms. The average Bonchev–Trinajstić information content (AvgIpc) is 2.73. The summed E-state index contributed by atoms with van der Waals surface area (Å²) >= 11 is 0. The molecule has 1 aliphatic heterocycles. The summed E-state index contributed by atoms with van der Waals surface area (Å²) in [5.41, 5.74) is 7.30. The molecule has 1 saturated heterocycles. The molecule has 0 saturated carbocycles. The molecule has 2 rings (SSSR count). The molecule has 1 aliphatic rings. The highest BCUT2D eigenvalue weighted by Gasteiger charge is 2.34. The second kappa shape index (κ2) is 5.65. The third kappa shape index (κ3) is 2.88. The van der Waals surface area contributed by atoms with Gasteiger partial charge in [0.25, 0.3) is 0 Å². The van der Waals surface area contributed by atoms with Crippen molar-refractivity contribution in [2.75, 3.05) is 13.1 Å². The molecule has 0 spiro atoms. The van der Waals surface area contributed by atoms with E-state index in [0.717, 1.165) is 13.1 Å². The zero-order valence-corrected chi connectivity index (χ0v) is 11.0. The van der Waals surface area contributed by atoms with Gasteiger partial charge in [0, 0.05) is 12.6 Å². The van der Waals surface area contributed by atoms with Crippen LogP contribution in [0, 0.1) is 11.8 Å². The minimum absolute atomic E-state index is 0.653. The Morgan fingerprint density at radius 2 is 2.00 bits per heavy atom. The number of rotatable bonds is 4. The van der Waals surface area contributed by atoms with Crippen LogP contribution in [-0.4, -0.2) is 24.0 Å². The molecule has 0 bridgehead atoms. The Labute approximate surface area is 105 Å². The van der Waals surface area contributed by atoms with E-state index in [-0.39, 0.29) is 0 Å². The van der Waals surface area contributed by atoms with Crippen molar-refractivity contribution in [2.24, 2.45) is 17.6 Å². The molecule has 1 fully saturated rings. The fourth-order valence-corrected chi connectivity index (χ4v) is 3.18. The van der Waals surface area contributed by atoms with E-state index in [4.69, 9.17) is 5.73 Å². The zero-order valence-electron chi connectivity index (χ0n) is 11.0. The lowest BCUT2D eigenvalue weighted by atomic mass is 9.91. The Morgan fingerprint density at radius 1 is 1.29 bits per heavy atom. The van der Waals surface area contributed by atoms with E-state index in [1.807, 2.05) is 0 Å². The standard InChI is InChI=1S/C15H24N2/c1-12(2)15-14(10-16)8-9-17(15)11-13-6-4-3-5-7-13/h3-7,12,14-15H,8-11,16H2,1-2H3. The lowest BCUT2D eigenvalue weighted by Gasteiger charge is -2.31. The summed E-state index contributed by atoms with van der Waals surface area (Å²) in [4.78, 5) is 2.61. The number of benzene rings is 1. The van der Waals surface area contributed by atoms with Crippen LogP contribution in [0.3, 0.4) is 0 Å². The van der Waals surface area contributed by atoms with Gasteiger partial charge in [0.1, 0.15) is 0 Å². The summed E-state index contributed by atoms with van der Waals surface area (Å²) < 4.78 is 0. The number of hydrogen-bond acceptors (Lipinski definition) is 2. The maximum Gasteiger partial charge on any atom is 0.0236 e. The van der Waals surface area contributed by atoms with Gasteiger partial charge >= 0.3 is 0 Å². The average molecular weight is 232 g/mol. The maximum atomic E-state index is 5.89. The van der Waals surface area contributed by atoms with Crippen LogP contribution in [0.2, 0.25) is 0 Å². The maximum absolute atomic E-state index is 5.89. The Kier molecular flexibility index (Phi) is 4.19. The molecule has 0 amide bonds. The van der Waals surface area contributed by atoms with E-state index in [1.165, 1.54) is 18.5 Å². The van der Waals surface area contributed by atoms with E-state index in [1.54, 1.807) is 0 Å². The molecule has 94 valence electrons. The van der Waals surface area contributed by atoms with Gasteiger partial charge in [0.2, 0.25) is 0 Å². The lowest BCUT2D eigenvalue weighted by molar-refractivity contribution is 0.170. The highest BCUT2D eigenvalue weighted by molar-refractivity contribution is 5.15. The topological polar surface area (TPSA) is 29.3 Å². The van der Waals surface area contributed by atoms with Gasteiger partial charge in [-0.15, -0.1) is 0 Å². The monoisotopic (exact) mass is 232 g/mol. The van der Waals surface area contributed by atoms with Crippen molar-refractivity contribution in [3.05, 3.63) is 35.9 Å². The molecule has 2 unspecified atom stereocenters. The highest BCUT2D eigenvalue weighted by atomic mass is 15.2. The Hall–Kier alpha value is -0.860. The van der Waals surface area contributed by atoms with Crippen LogP contribution in [-0.2, 0) is 6.54 Å². The first kappa shape index (κ1) is 12.6. The first-order chi connectivity index (χ1) is 8.22. The molecule has 0 aromatic heterocycles. The van der Waals surface area contributed by atoms with Crippen LogP contribution < -0.4 is 5.73 Å². The number of nitrogens with two attached hydrogens (primary N) is 1. The quantitative estimate of drug-likeness (QED) is 0.864. The molecule has 2 N–H and O–H groups in total. The number of hydrogen-bond donors (Lipinski definition) is 1. The van der Waals surface area contributed by atoms with Crippen LogP contribution in [0.15, 0.2) is 30.3 Å². The molecule has 1 heterocycles. The second-order valence-corrected chi connectivity index (χ2v) is 5.48. The summed E-state index contributed by atoms with van der Waals surface area (Å²) in [6.07, 6.45) is 1.26. The zero-order chi connectivity index (χ0) is 12.3. The molecule has 1 aromatic carbocycles. The predicted octanol–water partition coefficient (Wildman–Crippen LogP) is 2.49. The van der Waals surface area contributed by atoms with Crippen LogP contribution in [0.25, 0.3) is 0 Å². The number of likely N-dealkylation sites (tertiary alicyclic amines) is 1. The summed E-state index contributed by atoms with van der Waals surface area (Å²) in [5, 5.41) is 0. The van der Waals surface area contributed by atoms with E-state index in [2.05, 4.69) is 49.1 Å². The Bertz CT molecular complexity index is 334. The van der Waals surface area contributed by atoms with Crippen LogP contribution in [0.4, 0.5) is 0 Å². The van der Waals surface area contributed by atoms with Gasteiger partial charge in [-0.05, 0) is 36.9 Å². The van der Waals surface area contributed by atoms with Crippen molar-refractivity contribution in [2.45, 2.75) is 32.9 Å². The van der Waals surface area contributed by atoms with E-state index in [0.29, 0.717) is 17.9 Å². The van der Waals surface area contributed by atoms with Crippen LogP contribution in [0.5, 0.6) is 0 Å². The van der Waals surface area contributed by atoms with E-state index in [9.17, 15) is 0 Å². The van der Waals surface area contributed by atoms with Gasteiger partial charge in [-0.3, -0.25) is 4.90 Å². The Balaban J connectivity index is 2.05. The van der Waals surface area contributed by atoms with Gasteiger partial charge in [-0.25, -0.2) is 0 Å². The van der Waals surface area contributed by atoms with Crippen molar-refractivity contribution >= 4 is 0 Å². The van der Waals surface area contributed by atoms with Crippen molar-refractivity contribution < 1.29 is 0 Å². The van der Waals surface area contributed by atoms with Crippen molar-refractivity contribution in [1.29, 1.82) is 0 Å². The smallest absolute Gasteiger partial charge is 0.0236 e. The summed E-state index contributed by atoms with van der Waals surface area (Å²) in [6.45, 7) is 7.72. The van der Waals surface area contributed by atoms with Gasteiger partial charge in [0.05, 0.1) is 0 Å². The Morgan fingerprint density at radius 3 is 2.59 bits per heavy atom. The van der Waals surface area contributed by atoms with Gasteiger partial charge in [-0.2, -0.15) is 0 Å². The van der Waals surface area contributed by atoms with Crippen LogP contribution >= 0.6 is 0 Å². The predicted molar refractivity (Wildman–Crippen MR) is 72.6 cm³/mol. The molecular formula is C15H24N2. The molecule has 0 aliphatic carbocycles. The van der Waals surface area contributed by atoms with Gasteiger partial charge < -0.3 is 5.73 Å². The van der Waals surface area contributed by atoms with Crippen LogP contribution in [0.1, 0.15) is 25.8 Å². The lowest BCUT2D eigenvalue weighted by Crippen LogP contribution is -2.38. The molecule has 2 nitrogen and oxygen atoms in total. The molecule has 0 radical (unpaired) electrons. The normalized spacial score (nSPS) is 25.6. The molecule has 2 atom stereocenters. The SMILES string of the molecule is CC(C)C1C(CN)CCN1Cc1ccccc1. The van der Waals surface area contributed by atoms with Crippen molar-refractivity contribution in [3.8, 4) is 0 Å². The largest absolute Gasteiger partial charge is 0.330 e. The van der Waals surface area contributed by atoms with Gasteiger partial charge in [0.15, 0.2) is 0 Å². The van der Waals surface area contributed by atoms with E-state index >= 15 is 0 Å². The first-order valence-corrected chi connectivity index (χ1v) is 6.70. The third-order valence-corrected chi connectivity index (χ3v) is 3.91. The molecule has 1 aromatic rings. The third-order valence-electron chi connectivity index (χ3n) is 3.91. The second-order valence-electron chi connectivity index (χ2n) is 5.48. The van der Waals surface area contributed by atoms with Gasteiger partial charge in [-0.1, -0.05) is 44.2 Å².